The van der Waals surface area contributed by atoms with E-state index in [9.17, 15) is 9.59 Å². The molecule has 1 aromatic carbocycles. The zero-order valence-electron chi connectivity index (χ0n) is 10.2. The quantitative estimate of drug-likeness (QED) is 0.324. The highest BCUT2D eigenvalue weighted by atomic mass is 127. The molecule has 0 aliphatic carbocycles. The summed E-state index contributed by atoms with van der Waals surface area (Å²) in [6.07, 6.45) is -0.226. The van der Waals surface area contributed by atoms with Crippen molar-refractivity contribution in [3.63, 3.8) is 0 Å². The van der Waals surface area contributed by atoms with Crippen molar-refractivity contribution in [2.75, 3.05) is 0 Å². The molecule has 4 nitrogen and oxygen atoms in total. The second kappa shape index (κ2) is 6.87. The van der Waals surface area contributed by atoms with Crippen molar-refractivity contribution in [3.05, 3.63) is 28.4 Å². The van der Waals surface area contributed by atoms with Crippen LogP contribution in [0.4, 0.5) is 0 Å². The Morgan fingerprint density at radius 1 is 1.26 bits per heavy atom. The zero-order chi connectivity index (χ0) is 14.8. The van der Waals surface area contributed by atoms with E-state index in [2.05, 4.69) is 67.8 Å². The molecule has 19 heavy (non-hydrogen) atoms. The highest BCUT2D eigenvalue weighted by Gasteiger charge is 2.28. The standard InChI is InChI=1S/C12H11I3O4/c1-12(2,5-9(16)17)19-11(18)7-3-6(13)4-8(14)10(7)15/h3-4H,5H2,1-2H3,(H,16,17). The molecule has 0 bridgehead atoms. The van der Waals surface area contributed by atoms with Crippen LogP contribution >= 0.6 is 67.8 Å². The molecule has 0 heterocycles. The van der Waals surface area contributed by atoms with Crippen LogP contribution in [-0.2, 0) is 9.53 Å². The van der Waals surface area contributed by atoms with Gasteiger partial charge in [-0.1, -0.05) is 0 Å². The molecular formula is C12H11I3O4. The van der Waals surface area contributed by atoms with Gasteiger partial charge in [-0.3, -0.25) is 4.79 Å². The smallest absolute Gasteiger partial charge is 0.339 e. The van der Waals surface area contributed by atoms with E-state index in [1.165, 1.54) is 0 Å². The van der Waals surface area contributed by atoms with Crippen LogP contribution in [0.3, 0.4) is 0 Å². The molecule has 7 heteroatoms. The molecular weight excluding hydrogens is 589 g/mol. The second-order valence-electron chi connectivity index (χ2n) is 4.47. The van der Waals surface area contributed by atoms with E-state index in [0.717, 1.165) is 10.7 Å². The predicted molar refractivity (Wildman–Crippen MR) is 96.3 cm³/mol. The molecule has 0 fully saturated rings. The maximum Gasteiger partial charge on any atom is 0.339 e. The molecule has 0 saturated heterocycles. The number of carbonyl (C=O) groups is 2. The van der Waals surface area contributed by atoms with Gasteiger partial charge in [-0.05, 0) is 93.8 Å². The lowest BCUT2D eigenvalue weighted by molar-refractivity contribution is -0.141. The fourth-order valence-electron chi connectivity index (χ4n) is 1.41. The Morgan fingerprint density at radius 3 is 2.37 bits per heavy atom. The monoisotopic (exact) mass is 600 g/mol. The van der Waals surface area contributed by atoms with E-state index >= 15 is 0 Å². The summed E-state index contributed by atoms with van der Waals surface area (Å²) in [5.41, 5.74) is -0.561. The summed E-state index contributed by atoms with van der Waals surface area (Å²) in [5.74, 6) is -1.49. The molecule has 1 rings (SSSR count). The summed E-state index contributed by atoms with van der Waals surface area (Å²) < 4.78 is 8.01. The van der Waals surface area contributed by atoms with Gasteiger partial charge in [0.15, 0.2) is 0 Å². The summed E-state index contributed by atoms with van der Waals surface area (Å²) in [6.45, 7) is 3.18. The molecule has 104 valence electrons. The van der Waals surface area contributed by atoms with E-state index < -0.39 is 17.5 Å². The molecule has 0 atom stereocenters. The van der Waals surface area contributed by atoms with E-state index in [1.54, 1.807) is 19.9 Å². The lowest BCUT2D eigenvalue weighted by Crippen LogP contribution is -2.31. The van der Waals surface area contributed by atoms with Crippen LogP contribution in [0.1, 0.15) is 30.6 Å². The zero-order valence-corrected chi connectivity index (χ0v) is 16.6. The third-order valence-electron chi connectivity index (χ3n) is 2.16. The third kappa shape index (κ3) is 5.33. The van der Waals surface area contributed by atoms with Crippen LogP contribution in [0.2, 0.25) is 0 Å². The first-order valence-electron chi connectivity index (χ1n) is 5.22. The maximum absolute atomic E-state index is 12.1. The van der Waals surface area contributed by atoms with Gasteiger partial charge < -0.3 is 9.84 Å². The predicted octanol–water partition coefficient (Wildman–Crippen LogP) is 3.91. The average molecular weight is 600 g/mol. The van der Waals surface area contributed by atoms with Gasteiger partial charge in [0.05, 0.1) is 12.0 Å². The minimum absolute atomic E-state index is 0.226. The molecule has 0 radical (unpaired) electrons. The first kappa shape index (κ1) is 17.4. The van der Waals surface area contributed by atoms with Crippen LogP contribution in [0.15, 0.2) is 12.1 Å². The number of rotatable bonds is 4. The van der Waals surface area contributed by atoms with E-state index in [0.29, 0.717) is 5.56 Å². The number of aliphatic carboxylic acids is 1. The Hall–Kier alpha value is 0.350. The van der Waals surface area contributed by atoms with Crippen molar-refractivity contribution in [3.8, 4) is 0 Å². The van der Waals surface area contributed by atoms with E-state index in [4.69, 9.17) is 9.84 Å². The van der Waals surface area contributed by atoms with Crippen molar-refractivity contribution >= 4 is 79.7 Å². The van der Waals surface area contributed by atoms with Crippen molar-refractivity contribution in [2.24, 2.45) is 0 Å². The number of hydrogen-bond donors (Lipinski definition) is 1. The van der Waals surface area contributed by atoms with Crippen LogP contribution in [-0.4, -0.2) is 22.6 Å². The van der Waals surface area contributed by atoms with Gasteiger partial charge in [0.1, 0.15) is 5.60 Å². The highest BCUT2D eigenvalue weighted by Crippen LogP contribution is 2.25. The molecule has 0 aromatic heterocycles. The Balaban J connectivity index is 2.99. The van der Waals surface area contributed by atoms with Gasteiger partial charge in [0.25, 0.3) is 0 Å². The molecule has 1 aromatic rings. The number of carboxylic acid groups (broad SMARTS) is 1. The van der Waals surface area contributed by atoms with Gasteiger partial charge in [-0.25, -0.2) is 4.79 Å². The minimum Gasteiger partial charge on any atom is -0.481 e. The van der Waals surface area contributed by atoms with Crippen molar-refractivity contribution < 1.29 is 19.4 Å². The average Bonchev–Trinajstić information content (AvgIpc) is 2.20. The number of esters is 1. The highest BCUT2D eigenvalue weighted by molar-refractivity contribution is 14.1. The number of benzene rings is 1. The summed E-state index contributed by atoms with van der Waals surface area (Å²) in [7, 11) is 0. The fraction of sp³-hybridized carbons (Fsp3) is 0.333. The summed E-state index contributed by atoms with van der Waals surface area (Å²) >= 11 is 6.37. The third-order valence-corrected chi connectivity index (χ3v) is 5.83. The number of ether oxygens (including phenoxy) is 1. The number of halogens is 3. The Labute approximate surface area is 152 Å². The molecule has 1 N–H and O–H groups in total. The molecule has 0 spiro atoms. The Kier molecular flexibility index (Phi) is 6.29. The van der Waals surface area contributed by atoms with Crippen LogP contribution in [0.5, 0.6) is 0 Å². The van der Waals surface area contributed by atoms with Gasteiger partial charge in [-0.15, -0.1) is 0 Å². The van der Waals surface area contributed by atoms with Crippen molar-refractivity contribution in [1.29, 1.82) is 0 Å². The molecule has 0 aliphatic heterocycles. The lowest BCUT2D eigenvalue weighted by Gasteiger charge is -2.23. The summed E-state index contributed by atoms with van der Waals surface area (Å²) in [4.78, 5) is 22.9. The van der Waals surface area contributed by atoms with Crippen molar-refractivity contribution in [2.45, 2.75) is 25.9 Å². The Morgan fingerprint density at radius 2 is 1.84 bits per heavy atom. The van der Waals surface area contributed by atoms with Crippen LogP contribution < -0.4 is 0 Å². The molecule has 0 saturated carbocycles. The Bertz CT molecular complexity index is 526. The number of carboxylic acids is 1. The first-order valence-corrected chi connectivity index (χ1v) is 8.46. The van der Waals surface area contributed by atoms with Gasteiger partial charge in [0.2, 0.25) is 0 Å². The lowest BCUT2D eigenvalue weighted by atomic mass is 10.1. The number of carbonyl (C=O) groups excluding carboxylic acids is 1. The molecule has 0 unspecified atom stereocenters. The largest absolute Gasteiger partial charge is 0.481 e. The summed E-state index contributed by atoms with van der Waals surface area (Å²) in [5, 5.41) is 8.78. The van der Waals surface area contributed by atoms with E-state index in [-0.39, 0.29) is 6.42 Å². The summed E-state index contributed by atoms with van der Waals surface area (Å²) in [6, 6.07) is 3.70. The number of hydrogen-bond acceptors (Lipinski definition) is 3. The van der Waals surface area contributed by atoms with Gasteiger partial charge >= 0.3 is 11.9 Å². The molecule has 0 amide bonds. The first-order chi connectivity index (χ1) is 8.62. The topological polar surface area (TPSA) is 63.6 Å². The molecule has 0 aliphatic rings. The second-order valence-corrected chi connectivity index (χ2v) is 7.96. The van der Waals surface area contributed by atoms with Gasteiger partial charge in [0, 0.05) is 10.7 Å². The maximum atomic E-state index is 12.1. The van der Waals surface area contributed by atoms with Crippen LogP contribution in [0.25, 0.3) is 0 Å². The SMILES string of the molecule is CC(C)(CC(=O)O)OC(=O)c1cc(I)cc(I)c1I. The normalized spacial score (nSPS) is 11.2. The van der Waals surface area contributed by atoms with Crippen molar-refractivity contribution in [1.82, 2.24) is 0 Å². The fourth-order valence-corrected chi connectivity index (χ4v) is 3.79. The van der Waals surface area contributed by atoms with Crippen LogP contribution in [0, 0.1) is 10.7 Å². The van der Waals surface area contributed by atoms with E-state index in [1.807, 2.05) is 6.07 Å². The van der Waals surface area contributed by atoms with Gasteiger partial charge in [-0.2, -0.15) is 0 Å². The minimum atomic E-state index is -1.03.